The zero-order valence-corrected chi connectivity index (χ0v) is 21.0. The summed E-state index contributed by atoms with van der Waals surface area (Å²) in [5, 5.41) is 5.51. The molecule has 0 aliphatic carbocycles. The van der Waals surface area contributed by atoms with Crippen molar-refractivity contribution in [3.05, 3.63) is 93.4 Å². The van der Waals surface area contributed by atoms with Crippen LogP contribution in [0.4, 0.5) is 4.39 Å². The van der Waals surface area contributed by atoms with Crippen molar-refractivity contribution < 1.29 is 18.7 Å². The van der Waals surface area contributed by atoms with Gasteiger partial charge in [-0.1, -0.05) is 62.0 Å². The fourth-order valence-corrected chi connectivity index (χ4v) is 5.11. The molecule has 0 fully saturated rings. The summed E-state index contributed by atoms with van der Waals surface area (Å²) in [6, 6.07) is 13.7. The highest BCUT2D eigenvalue weighted by Crippen LogP contribution is 2.44. The van der Waals surface area contributed by atoms with E-state index >= 15 is 0 Å². The molecular weight excluding hydrogens is 465 g/mol. The highest BCUT2D eigenvalue weighted by molar-refractivity contribution is 8.16. The van der Waals surface area contributed by atoms with Crippen LogP contribution in [0.25, 0.3) is 0 Å². The molecular formula is C27H28FN3O3S. The lowest BCUT2D eigenvalue weighted by atomic mass is 9.92. The van der Waals surface area contributed by atoms with Gasteiger partial charge in [-0.2, -0.15) is 0 Å². The highest BCUT2D eigenvalue weighted by Gasteiger charge is 2.40. The minimum absolute atomic E-state index is 0.112. The second kappa shape index (κ2) is 10.5. The first kappa shape index (κ1) is 24.7. The summed E-state index contributed by atoms with van der Waals surface area (Å²) in [6.07, 6.45) is 0.112. The maximum Gasteiger partial charge on any atom is 0.338 e. The third kappa shape index (κ3) is 5.32. The SMILES string of the molecule is COC(=O)C1=C(C)N=C2SC=C(CC(=O)NCc3ccc(F)cc3)N2[C@H]1c1ccc(C(C)C)cc1. The third-order valence-corrected chi connectivity index (χ3v) is 6.96. The van der Waals surface area contributed by atoms with Crippen molar-refractivity contribution in [2.75, 3.05) is 7.11 Å². The number of ether oxygens (including phenoxy) is 1. The minimum atomic E-state index is -0.456. The van der Waals surface area contributed by atoms with E-state index in [1.807, 2.05) is 22.4 Å². The van der Waals surface area contributed by atoms with Gasteiger partial charge >= 0.3 is 5.97 Å². The van der Waals surface area contributed by atoms with Gasteiger partial charge < -0.3 is 15.0 Å². The fourth-order valence-electron chi connectivity index (χ4n) is 4.15. The molecule has 182 valence electrons. The number of amides is 1. The zero-order chi connectivity index (χ0) is 25.1. The molecule has 1 amide bonds. The monoisotopic (exact) mass is 493 g/mol. The quantitative estimate of drug-likeness (QED) is 0.523. The molecule has 0 unspecified atom stereocenters. The smallest absolute Gasteiger partial charge is 0.338 e. The number of carbonyl (C=O) groups excluding carboxylic acids is 2. The van der Waals surface area contributed by atoms with Gasteiger partial charge in [0.15, 0.2) is 5.17 Å². The van der Waals surface area contributed by atoms with Crippen LogP contribution in [-0.4, -0.2) is 29.1 Å². The van der Waals surface area contributed by atoms with E-state index < -0.39 is 12.0 Å². The highest BCUT2D eigenvalue weighted by atomic mass is 32.2. The summed E-state index contributed by atoms with van der Waals surface area (Å²) in [4.78, 5) is 32.2. The molecule has 8 heteroatoms. The molecule has 0 bridgehead atoms. The lowest BCUT2D eigenvalue weighted by Gasteiger charge is -2.36. The Morgan fingerprint density at radius 3 is 2.46 bits per heavy atom. The summed E-state index contributed by atoms with van der Waals surface area (Å²) in [5.41, 5.74) is 4.73. The summed E-state index contributed by atoms with van der Waals surface area (Å²) in [7, 11) is 1.36. The third-order valence-electron chi connectivity index (χ3n) is 6.07. The van der Waals surface area contributed by atoms with E-state index in [4.69, 9.17) is 4.74 Å². The number of allylic oxidation sites excluding steroid dienone is 1. The number of amidine groups is 1. The predicted molar refractivity (Wildman–Crippen MR) is 136 cm³/mol. The number of nitrogens with zero attached hydrogens (tertiary/aromatic N) is 2. The van der Waals surface area contributed by atoms with Gasteiger partial charge in [0.25, 0.3) is 0 Å². The number of carbonyl (C=O) groups is 2. The Balaban J connectivity index is 1.59. The Labute approximate surface area is 209 Å². The van der Waals surface area contributed by atoms with Crippen LogP contribution < -0.4 is 5.32 Å². The molecule has 0 radical (unpaired) electrons. The Morgan fingerprint density at radius 1 is 1.14 bits per heavy atom. The molecule has 2 heterocycles. The molecule has 0 spiro atoms. The second-order valence-electron chi connectivity index (χ2n) is 8.79. The van der Waals surface area contributed by atoms with Crippen molar-refractivity contribution in [2.24, 2.45) is 4.99 Å². The number of thioether (sulfide) groups is 1. The van der Waals surface area contributed by atoms with Crippen LogP contribution in [0.3, 0.4) is 0 Å². The number of nitrogens with one attached hydrogen (secondary N) is 1. The Kier molecular flexibility index (Phi) is 7.40. The largest absolute Gasteiger partial charge is 0.466 e. The molecule has 35 heavy (non-hydrogen) atoms. The van der Waals surface area contributed by atoms with Crippen LogP contribution in [0.1, 0.15) is 55.8 Å². The number of benzene rings is 2. The lowest BCUT2D eigenvalue weighted by Crippen LogP contribution is -2.37. The van der Waals surface area contributed by atoms with Crippen molar-refractivity contribution in [3.8, 4) is 0 Å². The molecule has 0 saturated carbocycles. The predicted octanol–water partition coefficient (Wildman–Crippen LogP) is 5.40. The first-order valence-electron chi connectivity index (χ1n) is 11.4. The summed E-state index contributed by atoms with van der Waals surface area (Å²) >= 11 is 1.43. The van der Waals surface area contributed by atoms with Gasteiger partial charge in [0.2, 0.25) is 5.91 Å². The van der Waals surface area contributed by atoms with Crippen LogP contribution in [0, 0.1) is 5.82 Å². The first-order valence-corrected chi connectivity index (χ1v) is 12.3. The van der Waals surface area contributed by atoms with Crippen molar-refractivity contribution in [1.29, 1.82) is 0 Å². The number of aliphatic imine (C=N–C) groups is 1. The summed E-state index contributed by atoms with van der Waals surface area (Å²) in [5.74, 6) is -0.558. The van der Waals surface area contributed by atoms with Crippen molar-refractivity contribution in [3.63, 3.8) is 0 Å². The van der Waals surface area contributed by atoms with Crippen LogP contribution in [-0.2, 0) is 20.9 Å². The van der Waals surface area contributed by atoms with Crippen LogP contribution in [0.5, 0.6) is 0 Å². The Bertz CT molecular complexity index is 1220. The number of hydrogen-bond acceptors (Lipinski definition) is 6. The average molecular weight is 494 g/mol. The number of fused-ring (bicyclic) bond motifs is 1. The number of rotatable bonds is 7. The van der Waals surface area contributed by atoms with Gasteiger partial charge in [0.1, 0.15) is 5.82 Å². The molecule has 2 aliphatic rings. The van der Waals surface area contributed by atoms with Crippen LogP contribution in [0.2, 0.25) is 0 Å². The average Bonchev–Trinajstić information content (AvgIpc) is 3.24. The maximum absolute atomic E-state index is 13.1. The van der Waals surface area contributed by atoms with Crippen molar-refractivity contribution in [2.45, 2.75) is 45.7 Å². The first-order chi connectivity index (χ1) is 16.8. The van der Waals surface area contributed by atoms with Gasteiger partial charge in [0, 0.05) is 12.2 Å². The molecule has 0 aromatic heterocycles. The number of hydrogen-bond donors (Lipinski definition) is 1. The lowest BCUT2D eigenvalue weighted by molar-refractivity contribution is -0.136. The Morgan fingerprint density at radius 2 is 1.83 bits per heavy atom. The number of halogens is 1. The van der Waals surface area contributed by atoms with E-state index in [0.717, 1.165) is 22.0 Å². The number of esters is 1. The minimum Gasteiger partial charge on any atom is -0.466 e. The molecule has 2 aromatic carbocycles. The molecule has 2 aromatic rings. The number of methoxy groups -OCH3 is 1. The molecule has 2 aliphatic heterocycles. The molecule has 1 atom stereocenters. The van der Waals surface area contributed by atoms with Gasteiger partial charge in [-0.15, -0.1) is 0 Å². The second-order valence-corrected chi connectivity index (χ2v) is 9.62. The summed E-state index contributed by atoms with van der Waals surface area (Å²) in [6.45, 7) is 6.37. The van der Waals surface area contributed by atoms with Gasteiger partial charge in [-0.3, -0.25) is 4.79 Å². The Hall–Kier alpha value is -3.39. The van der Waals surface area contributed by atoms with E-state index in [1.165, 1.54) is 36.6 Å². The van der Waals surface area contributed by atoms with E-state index in [2.05, 4.69) is 36.3 Å². The topological polar surface area (TPSA) is 71.0 Å². The maximum atomic E-state index is 13.1. The van der Waals surface area contributed by atoms with Gasteiger partial charge in [-0.05, 0) is 47.1 Å². The molecule has 1 N–H and O–H groups in total. The van der Waals surface area contributed by atoms with Crippen LogP contribution in [0.15, 0.2) is 75.9 Å². The van der Waals surface area contributed by atoms with Crippen molar-refractivity contribution >= 4 is 28.8 Å². The normalized spacial score (nSPS) is 17.2. The van der Waals surface area contributed by atoms with E-state index in [9.17, 15) is 14.0 Å². The van der Waals surface area contributed by atoms with Gasteiger partial charge in [0.05, 0.1) is 30.8 Å². The van der Waals surface area contributed by atoms with Crippen LogP contribution >= 0.6 is 11.8 Å². The standard InChI is InChI=1S/C27H28FN3O3S/c1-16(2)19-7-9-20(10-8-19)25-24(26(33)34-4)17(3)30-27-31(25)22(15-35-27)13-23(32)29-14-18-5-11-21(28)12-6-18/h5-12,15-16,25H,13-14H2,1-4H3,(H,29,32)/t25-/m0/s1. The molecule has 0 saturated heterocycles. The van der Waals surface area contributed by atoms with E-state index in [1.54, 1.807) is 19.1 Å². The fraction of sp³-hybridized carbons (Fsp3) is 0.296. The molecule has 6 nitrogen and oxygen atoms in total. The summed E-state index contributed by atoms with van der Waals surface area (Å²) < 4.78 is 18.3. The van der Waals surface area contributed by atoms with E-state index in [0.29, 0.717) is 23.7 Å². The van der Waals surface area contributed by atoms with E-state index in [-0.39, 0.29) is 18.1 Å². The zero-order valence-electron chi connectivity index (χ0n) is 20.2. The molecule has 4 rings (SSSR count). The van der Waals surface area contributed by atoms with Crippen molar-refractivity contribution in [1.82, 2.24) is 10.2 Å². The van der Waals surface area contributed by atoms with Gasteiger partial charge in [-0.25, -0.2) is 14.2 Å².